The number of methoxy groups -OCH3 is 1. The van der Waals surface area contributed by atoms with E-state index in [1.54, 1.807) is 7.11 Å². The Labute approximate surface area is 139 Å². The minimum absolute atomic E-state index is 0.00391. The van der Waals surface area contributed by atoms with E-state index in [1.165, 1.54) is 11.3 Å². The summed E-state index contributed by atoms with van der Waals surface area (Å²) in [4.78, 5) is 27.5. The van der Waals surface area contributed by atoms with E-state index in [-0.39, 0.29) is 17.6 Å². The molecule has 23 heavy (non-hydrogen) atoms. The first-order valence-corrected chi connectivity index (χ1v) is 8.58. The van der Waals surface area contributed by atoms with Gasteiger partial charge in [-0.1, -0.05) is 6.07 Å². The van der Waals surface area contributed by atoms with E-state index >= 15 is 0 Å². The fraction of sp³-hybridized carbons (Fsp3) is 0.333. The van der Waals surface area contributed by atoms with Crippen LogP contribution in [0.15, 0.2) is 41.8 Å². The molecular weight excluding hydrogens is 310 g/mol. The number of carbonyl (C=O) groups is 2. The summed E-state index contributed by atoms with van der Waals surface area (Å²) in [5, 5.41) is 1.91. The third-order valence-corrected chi connectivity index (χ3v) is 5.12. The molecule has 1 aliphatic heterocycles. The molecule has 0 atom stereocenters. The van der Waals surface area contributed by atoms with E-state index in [0.717, 1.165) is 23.5 Å². The van der Waals surface area contributed by atoms with Crippen LogP contribution in [0.1, 0.15) is 32.9 Å². The predicted octanol–water partition coefficient (Wildman–Crippen LogP) is 3.49. The van der Waals surface area contributed by atoms with Crippen LogP contribution >= 0.6 is 11.3 Å². The van der Waals surface area contributed by atoms with E-state index in [0.29, 0.717) is 18.7 Å². The van der Waals surface area contributed by atoms with Gasteiger partial charge in [0.15, 0.2) is 5.78 Å². The molecule has 3 rings (SSSR count). The Bertz CT molecular complexity index is 671. The Morgan fingerprint density at radius 2 is 1.83 bits per heavy atom. The van der Waals surface area contributed by atoms with Gasteiger partial charge in [0.25, 0.3) is 5.91 Å². The van der Waals surface area contributed by atoms with E-state index in [4.69, 9.17) is 4.74 Å². The van der Waals surface area contributed by atoms with Crippen molar-refractivity contribution in [2.24, 2.45) is 5.92 Å². The molecule has 2 heterocycles. The molecule has 0 saturated carbocycles. The molecule has 5 heteroatoms. The lowest BCUT2D eigenvalue weighted by molar-refractivity contribution is 0.0654. The number of Topliss-reactive ketones (excluding diaryl/α,β-unsaturated/α-hetero) is 1. The molecule has 0 spiro atoms. The SMILES string of the molecule is COc1ccc(C(=O)C2CCN(C(=O)c3cccs3)CC2)cc1. The van der Waals surface area contributed by atoms with Gasteiger partial charge in [0.2, 0.25) is 0 Å². The molecule has 120 valence electrons. The van der Waals surface area contributed by atoms with E-state index in [2.05, 4.69) is 0 Å². The molecule has 0 unspecified atom stereocenters. The molecule has 1 fully saturated rings. The lowest BCUT2D eigenvalue weighted by Gasteiger charge is -2.31. The largest absolute Gasteiger partial charge is 0.497 e. The molecule has 1 amide bonds. The number of hydrogen-bond donors (Lipinski definition) is 0. The minimum Gasteiger partial charge on any atom is -0.497 e. The number of amides is 1. The highest BCUT2D eigenvalue weighted by molar-refractivity contribution is 7.12. The number of piperidine rings is 1. The van der Waals surface area contributed by atoms with Crippen molar-refractivity contribution in [1.82, 2.24) is 4.90 Å². The zero-order chi connectivity index (χ0) is 16.2. The first-order valence-electron chi connectivity index (χ1n) is 7.70. The third-order valence-electron chi connectivity index (χ3n) is 4.26. The second kappa shape index (κ2) is 6.96. The van der Waals surface area contributed by atoms with Crippen molar-refractivity contribution in [2.75, 3.05) is 20.2 Å². The number of ketones is 1. The van der Waals surface area contributed by atoms with E-state index in [1.807, 2.05) is 46.7 Å². The average Bonchev–Trinajstić information content (AvgIpc) is 3.15. The van der Waals surface area contributed by atoms with Crippen molar-refractivity contribution in [1.29, 1.82) is 0 Å². The normalized spacial score (nSPS) is 15.4. The number of nitrogens with zero attached hydrogens (tertiary/aromatic N) is 1. The van der Waals surface area contributed by atoms with Crippen LogP contribution in [0.25, 0.3) is 0 Å². The topological polar surface area (TPSA) is 46.6 Å². The second-order valence-corrected chi connectivity index (χ2v) is 6.58. The van der Waals surface area contributed by atoms with Crippen molar-refractivity contribution in [3.63, 3.8) is 0 Å². The Morgan fingerprint density at radius 1 is 1.13 bits per heavy atom. The zero-order valence-electron chi connectivity index (χ0n) is 13.0. The molecule has 1 aromatic heterocycles. The van der Waals surface area contributed by atoms with Crippen LogP contribution in [0, 0.1) is 5.92 Å². The minimum atomic E-state index is -0.00391. The van der Waals surface area contributed by atoms with Gasteiger partial charge >= 0.3 is 0 Å². The van der Waals surface area contributed by atoms with Crippen LogP contribution in [0.5, 0.6) is 5.75 Å². The Hall–Kier alpha value is -2.14. The smallest absolute Gasteiger partial charge is 0.263 e. The van der Waals surface area contributed by atoms with Crippen LogP contribution in [0.2, 0.25) is 0 Å². The monoisotopic (exact) mass is 329 g/mol. The quantitative estimate of drug-likeness (QED) is 0.807. The van der Waals surface area contributed by atoms with Gasteiger partial charge in [0, 0.05) is 24.6 Å². The third kappa shape index (κ3) is 3.45. The summed E-state index contributed by atoms with van der Waals surface area (Å²) in [6.45, 7) is 1.28. The molecule has 0 aliphatic carbocycles. The lowest BCUT2D eigenvalue weighted by atomic mass is 9.89. The van der Waals surface area contributed by atoms with Gasteiger partial charge in [-0.3, -0.25) is 9.59 Å². The maximum atomic E-state index is 12.6. The summed E-state index contributed by atoms with van der Waals surface area (Å²) >= 11 is 1.46. The Kier molecular flexibility index (Phi) is 4.76. The van der Waals surface area contributed by atoms with Crippen molar-refractivity contribution >= 4 is 23.0 Å². The fourth-order valence-corrected chi connectivity index (χ4v) is 3.58. The standard InChI is InChI=1S/C18H19NO3S/c1-22-15-6-4-13(5-7-15)17(20)14-8-10-19(11-9-14)18(21)16-3-2-12-23-16/h2-7,12,14H,8-11H2,1H3. The maximum Gasteiger partial charge on any atom is 0.263 e. The number of benzene rings is 1. The van der Waals surface area contributed by atoms with Crippen molar-refractivity contribution in [3.8, 4) is 5.75 Å². The first kappa shape index (κ1) is 15.7. The molecule has 0 radical (unpaired) electrons. The average molecular weight is 329 g/mol. The van der Waals surface area contributed by atoms with Gasteiger partial charge in [-0.15, -0.1) is 11.3 Å². The summed E-state index contributed by atoms with van der Waals surface area (Å²) < 4.78 is 5.12. The molecule has 2 aromatic rings. The summed E-state index contributed by atoms with van der Waals surface area (Å²) in [6.07, 6.45) is 1.45. The van der Waals surface area contributed by atoms with Gasteiger partial charge in [-0.25, -0.2) is 0 Å². The molecule has 1 aromatic carbocycles. The fourth-order valence-electron chi connectivity index (χ4n) is 2.89. The zero-order valence-corrected chi connectivity index (χ0v) is 13.8. The van der Waals surface area contributed by atoms with Gasteiger partial charge in [-0.2, -0.15) is 0 Å². The first-order chi connectivity index (χ1) is 11.2. The Morgan fingerprint density at radius 3 is 2.39 bits per heavy atom. The summed E-state index contributed by atoms with van der Waals surface area (Å²) in [7, 11) is 1.61. The summed E-state index contributed by atoms with van der Waals surface area (Å²) in [5.41, 5.74) is 0.717. The van der Waals surface area contributed by atoms with Crippen LogP contribution in [-0.4, -0.2) is 36.8 Å². The second-order valence-electron chi connectivity index (χ2n) is 5.64. The highest BCUT2D eigenvalue weighted by Crippen LogP contribution is 2.24. The number of ether oxygens (including phenoxy) is 1. The van der Waals surface area contributed by atoms with E-state index < -0.39 is 0 Å². The molecule has 4 nitrogen and oxygen atoms in total. The van der Waals surface area contributed by atoms with Gasteiger partial charge in [-0.05, 0) is 48.6 Å². The van der Waals surface area contributed by atoms with Crippen molar-refractivity contribution in [2.45, 2.75) is 12.8 Å². The molecule has 1 aliphatic rings. The predicted molar refractivity (Wildman–Crippen MR) is 90.3 cm³/mol. The highest BCUT2D eigenvalue weighted by atomic mass is 32.1. The van der Waals surface area contributed by atoms with E-state index in [9.17, 15) is 9.59 Å². The van der Waals surface area contributed by atoms with Gasteiger partial charge in [0.05, 0.1) is 12.0 Å². The number of likely N-dealkylation sites (tertiary alicyclic amines) is 1. The molecule has 0 bridgehead atoms. The lowest BCUT2D eigenvalue weighted by Crippen LogP contribution is -2.40. The molecule has 0 N–H and O–H groups in total. The number of rotatable bonds is 4. The number of thiophene rings is 1. The molecular formula is C18H19NO3S. The van der Waals surface area contributed by atoms with Gasteiger partial charge < -0.3 is 9.64 Å². The van der Waals surface area contributed by atoms with Crippen LogP contribution < -0.4 is 4.74 Å². The number of carbonyl (C=O) groups excluding carboxylic acids is 2. The van der Waals surface area contributed by atoms with Crippen LogP contribution in [0.4, 0.5) is 0 Å². The van der Waals surface area contributed by atoms with Crippen molar-refractivity contribution in [3.05, 3.63) is 52.2 Å². The summed E-state index contributed by atoms with van der Waals surface area (Å²) in [6, 6.07) is 11.0. The van der Waals surface area contributed by atoms with Gasteiger partial charge in [0.1, 0.15) is 5.75 Å². The molecule has 1 saturated heterocycles. The maximum absolute atomic E-state index is 12.6. The summed E-state index contributed by atoms with van der Waals surface area (Å²) in [5.74, 6) is 0.986. The Balaban J connectivity index is 1.59. The highest BCUT2D eigenvalue weighted by Gasteiger charge is 2.28. The van der Waals surface area contributed by atoms with Crippen LogP contribution in [-0.2, 0) is 0 Å². The van der Waals surface area contributed by atoms with Crippen LogP contribution in [0.3, 0.4) is 0 Å². The van der Waals surface area contributed by atoms with Crippen molar-refractivity contribution < 1.29 is 14.3 Å². The number of hydrogen-bond acceptors (Lipinski definition) is 4.